The third-order valence-electron chi connectivity index (χ3n) is 5.23. The monoisotopic (exact) mass is 294 g/mol. The molecule has 0 atom stereocenters. The molecule has 0 radical (unpaired) electrons. The van der Waals surface area contributed by atoms with Crippen LogP contribution in [0.2, 0.25) is 0 Å². The zero-order valence-corrected chi connectivity index (χ0v) is 15.0. The lowest BCUT2D eigenvalue weighted by Crippen LogP contribution is -2.19. The second-order valence-electron chi connectivity index (χ2n) is 6.80. The van der Waals surface area contributed by atoms with Crippen molar-refractivity contribution in [3.05, 3.63) is 11.3 Å². The first-order valence-corrected chi connectivity index (χ1v) is 10.6. The van der Waals surface area contributed by atoms with Crippen LogP contribution in [-0.2, 0) is 4.43 Å². The van der Waals surface area contributed by atoms with Gasteiger partial charge in [0.1, 0.15) is 0 Å². The van der Waals surface area contributed by atoms with Gasteiger partial charge in [-0.25, -0.2) is 0 Å². The van der Waals surface area contributed by atoms with Crippen LogP contribution in [0.25, 0.3) is 0 Å². The Morgan fingerprint density at radius 3 is 2.00 bits per heavy atom. The average Bonchev–Trinajstić information content (AvgIpc) is 2.53. The van der Waals surface area contributed by atoms with Crippen molar-refractivity contribution < 1.29 is 4.43 Å². The van der Waals surface area contributed by atoms with Gasteiger partial charge < -0.3 is 4.43 Å². The minimum atomic E-state index is -0.408. The molecule has 20 heavy (non-hydrogen) atoms. The van der Waals surface area contributed by atoms with E-state index < -0.39 is 9.76 Å². The van der Waals surface area contributed by atoms with Crippen LogP contribution in [0.15, 0.2) is 11.3 Å². The maximum atomic E-state index is 5.95. The second kappa shape index (κ2) is 9.78. The second-order valence-corrected chi connectivity index (χ2v) is 7.95. The van der Waals surface area contributed by atoms with E-state index in [0.29, 0.717) is 0 Å². The van der Waals surface area contributed by atoms with E-state index in [9.17, 15) is 0 Å². The molecule has 0 amide bonds. The Bertz CT molecular complexity index is 255. The quantitative estimate of drug-likeness (QED) is 0.478. The van der Waals surface area contributed by atoms with Crippen molar-refractivity contribution in [2.45, 2.75) is 84.0 Å². The lowest BCUT2D eigenvalue weighted by atomic mass is 9.74. The van der Waals surface area contributed by atoms with Crippen molar-refractivity contribution in [1.29, 1.82) is 0 Å². The van der Waals surface area contributed by atoms with Crippen molar-refractivity contribution in [3.8, 4) is 0 Å². The molecule has 2 rings (SSSR count). The highest BCUT2D eigenvalue weighted by Gasteiger charge is 2.25. The normalized spacial score (nSPS) is 22.4. The summed E-state index contributed by atoms with van der Waals surface area (Å²) in [5.74, 6) is 1.85. The molecular weight excluding hydrogens is 260 g/mol. The van der Waals surface area contributed by atoms with Crippen LogP contribution in [0.4, 0.5) is 0 Å². The molecule has 2 heteroatoms. The molecule has 1 nitrogen and oxygen atoms in total. The Morgan fingerprint density at radius 1 is 0.950 bits per heavy atom. The van der Waals surface area contributed by atoms with Crippen molar-refractivity contribution in [3.63, 3.8) is 0 Å². The highest BCUT2D eigenvalue weighted by Crippen LogP contribution is 2.39. The molecule has 2 aliphatic rings. The van der Waals surface area contributed by atoms with E-state index >= 15 is 0 Å². The van der Waals surface area contributed by atoms with Gasteiger partial charge >= 0.3 is 0 Å². The smallest absolute Gasteiger partial charge is 0.185 e. The molecule has 0 aromatic rings. The molecule has 0 aromatic carbocycles. The minimum absolute atomic E-state index is 0.408. The molecule has 2 saturated carbocycles. The first-order valence-electron chi connectivity index (χ1n) is 9.19. The highest BCUT2D eigenvalue weighted by atomic mass is 28.2. The van der Waals surface area contributed by atoms with E-state index in [1.807, 2.05) is 5.57 Å². The largest absolute Gasteiger partial charge is 0.419 e. The maximum absolute atomic E-state index is 5.95. The van der Waals surface area contributed by atoms with Gasteiger partial charge in [0.15, 0.2) is 9.76 Å². The Hall–Kier alpha value is -0.0831. The lowest BCUT2D eigenvalue weighted by Gasteiger charge is -2.32. The van der Waals surface area contributed by atoms with Gasteiger partial charge in [0, 0.05) is 6.61 Å². The Morgan fingerprint density at radius 2 is 1.50 bits per heavy atom. The van der Waals surface area contributed by atoms with E-state index in [-0.39, 0.29) is 0 Å². The molecule has 116 valence electrons. The molecule has 0 aromatic heterocycles. The van der Waals surface area contributed by atoms with Crippen molar-refractivity contribution in [2.24, 2.45) is 11.8 Å². The molecule has 0 unspecified atom stereocenters. The summed E-state index contributed by atoms with van der Waals surface area (Å²) in [6.07, 6.45) is 17.2. The first-order chi connectivity index (χ1) is 9.92. The number of unbranched alkanes of at least 4 members (excludes halogenated alkanes) is 1. The summed E-state index contributed by atoms with van der Waals surface area (Å²) in [7, 11) is -0.408. The molecule has 0 bridgehead atoms. The predicted molar refractivity (Wildman–Crippen MR) is 90.6 cm³/mol. The van der Waals surface area contributed by atoms with Crippen LogP contribution >= 0.6 is 0 Å². The molecule has 2 aliphatic carbocycles. The third kappa shape index (κ3) is 5.36. The molecule has 0 saturated heterocycles. The van der Waals surface area contributed by atoms with E-state index in [1.54, 1.807) is 0 Å². The fourth-order valence-corrected chi connectivity index (χ4v) is 5.37. The Labute approximate surface area is 128 Å². The molecule has 0 N–H and O–H groups in total. The van der Waals surface area contributed by atoms with Crippen LogP contribution in [0.1, 0.15) is 84.0 Å². The van der Waals surface area contributed by atoms with Gasteiger partial charge in [0.25, 0.3) is 0 Å². The highest BCUT2D eigenvalue weighted by molar-refractivity contribution is 6.34. The van der Waals surface area contributed by atoms with Crippen molar-refractivity contribution >= 4 is 9.76 Å². The lowest BCUT2D eigenvalue weighted by molar-refractivity contribution is 0.320. The van der Waals surface area contributed by atoms with Gasteiger partial charge in [-0.3, -0.25) is 0 Å². The van der Waals surface area contributed by atoms with Gasteiger partial charge in [-0.15, -0.1) is 0 Å². The summed E-state index contributed by atoms with van der Waals surface area (Å²) < 4.78 is 5.95. The zero-order valence-electron chi connectivity index (χ0n) is 13.5. The Kier molecular flexibility index (Phi) is 7.97. The topological polar surface area (TPSA) is 9.23 Å². The molecule has 0 spiro atoms. The van der Waals surface area contributed by atoms with E-state index in [4.69, 9.17) is 4.43 Å². The van der Waals surface area contributed by atoms with E-state index in [1.165, 1.54) is 77.0 Å². The maximum Gasteiger partial charge on any atom is 0.185 e. The van der Waals surface area contributed by atoms with Crippen molar-refractivity contribution in [2.75, 3.05) is 6.61 Å². The van der Waals surface area contributed by atoms with Gasteiger partial charge in [-0.1, -0.05) is 63.1 Å². The number of allylic oxidation sites excluding steroid dienone is 1. The summed E-state index contributed by atoms with van der Waals surface area (Å²) in [6, 6.07) is 0. The minimum Gasteiger partial charge on any atom is -0.419 e. The van der Waals surface area contributed by atoms with Gasteiger partial charge in [0.2, 0.25) is 0 Å². The standard InChI is InChI=1S/C18H34OSi/c1-2-3-14-19-20-15-18(16-10-6-4-7-11-16)17-12-8-5-9-13-17/h15-17H,2-14,20H2,1H3. The van der Waals surface area contributed by atoms with Crippen LogP contribution in [0, 0.1) is 11.8 Å². The van der Waals surface area contributed by atoms with Crippen LogP contribution < -0.4 is 0 Å². The average molecular weight is 295 g/mol. The van der Waals surface area contributed by atoms with Crippen LogP contribution in [-0.4, -0.2) is 16.4 Å². The number of hydrogen-bond acceptors (Lipinski definition) is 1. The summed E-state index contributed by atoms with van der Waals surface area (Å²) >= 11 is 0. The molecule has 0 heterocycles. The van der Waals surface area contributed by atoms with E-state index in [0.717, 1.165) is 18.4 Å². The van der Waals surface area contributed by atoms with Gasteiger partial charge in [0.05, 0.1) is 0 Å². The summed E-state index contributed by atoms with van der Waals surface area (Å²) in [4.78, 5) is 0. The van der Waals surface area contributed by atoms with Gasteiger partial charge in [-0.2, -0.15) is 0 Å². The predicted octanol–water partition coefficient (Wildman–Crippen LogP) is 4.93. The summed E-state index contributed by atoms with van der Waals surface area (Å²) in [5.41, 5.74) is 4.48. The van der Waals surface area contributed by atoms with Crippen molar-refractivity contribution in [1.82, 2.24) is 0 Å². The fraction of sp³-hybridized carbons (Fsp3) is 0.889. The summed E-state index contributed by atoms with van der Waals surface area (Å²) in [6.45, 7) is 3.25. The number of rotatable bonds is 7. The third-order valence-corrected chi connectivity index (χ3v) is 6.39. The van der Waals surface area contributed by atoms with E-state index in [2.05, 4.69) is 12.6 Å². The molecule has 0 aliphatic heterocycles. The van der Waals surface area contributed by atoms with Crippen LogP contribution in [0.5, 0.6) is 0 Å². The SMILES string of the molecule is CCCCO[SiH2]C=C(C1CCCCC1)C1CCCCC1. The first kappa shape index (κ1) is 16.3. The fourth-order valence-electron chi connectivity index (χ4n) is 4.02. The van der Waals surface area contributed by atoms with Gasteiger partial charge in [-0.05, 0) is 43.9 Å². The molecular formula is C18H34OSi. The zero-order chi connectivity index (χ0) is 14.0. The molecule has 2 fully saturated rings. The summed E-state index contributed by atoms with van der Waals surface area (Å²) in [5, 5.41) is 0. The van der Waals surface area contributed by atoms with Crippen LogP contribution in [0.3, 0.4) is 0 Å². The number of hydrogen-bond donors (Lipinski definition) is 0. The Balaban J connectivity index is 1.89.